The minimum Gasteiger partial charge on any atom is -0.378 e. The van der Waals surface area contributed by atoms with Crippen molar-refractivity contribution in [1.82, 2.24) is 9.97 Å². The summed E-state index contributed by atoms with van der Waals surface area (Å²) in [5, 5.41) is 7.79. The lowest BCUT2D eigenvalue weighted by molar-refractivity contribution is 0.969. The van der Waals surface area contributed by atoms with Crippen molar-refractivity contribution in [2.75, 3.05) is 17.2 Å². The van der Waals surface area contributed by atoms with E-state index in [1.54, 1.807) is 11.3 Å². The van der Waals surface area contributed by atoms with Crippen LogP contribution in [0.1, 0.15) is 30.2 Å². The van der Waals surface area contributed by atoms with Crippen LogP contribution in [-0.4, -0.2) is 16.5 Å². The van der Waals surface area contributed by atoms with Crippen molar-refractivity contribution in [3.63, 3.8) is 0 Å². The molecule has 2 rings (SSSR count). The Labute approximate surface area is 118 Å². The summed E-state index contributed by atoms with van der Waals surface area (Å²) in [6.07, 6.45) is 5.93. The van der Waals surface area contributed by atoms with E-state index in [0.29, 0.717) is 0 Å². The highest BCUT2D eigenvalue weighted by Gasteiger charge is 2.01. The molecule has 19 heavy (non-hydrogen) atoms. The minimum absolute atomic E-state index is 0.766. The summed E-state index contributed by atoms with van der Waals surface area (Å²) in [4.78, 5) is 10.0. The number of anilines is 2. The van der Waals surface area contributed by atoms with E-state index in [9.17, 15) is 0 Å². The van der Waals surface area contributed by atoms with Gasteiger partial charge in [-0.3, -0.25) is 0 Å². The fraction of sp³-hybridized carbons (Fsp3) is 0.429. The lowest BCUT2D eigenvalue weighted by Gasteiger charge is -2.07. The normalized spacial score (nSPS) is 10.4. The number of hydrogen-bond acceptors (Lipinski definition) is 5. The maximum atomic E-state index is 4.40. The number of aryl methyl sites for hydroxylation is 1. The quantitative estimate of drug-likeness (QED) is 0.812. The molecule has 0 saturated carbocycles. The number of nitrogens with zero attached hydrogens (tertiary/aromatic N) is 2. The molecular weight excluding hydrogens is 256 g/mol. The zero-order valence-electron chi connectivity index (χ0n) is 11.4. The molecule has 0 aliphatic rings. The number of nitrogens with one attached hydrogen (secondary N) is 2. The summed E-state index contributed by atoms with van der Waals surface area (Å²) >= 11 is 1.77. The third-order valence-corrected chi connectivity index (χ3v) is 3.85. The maximum Gasteiger partial charge on any atom is 0.127 e. The van der Waals surface area contributed by atoms with Crippen LogP contribution in [0.15, 0.2) is 24.5 Å². The van der Waals surface area contributed by atoms with Crippen molar-refractivity contribution in [3.8, 4) is 0 Å². The Morgan fingerprint density at radius 1 is 1.21 bits per heavy atom. The molecule has 0 radical (unpaired) electrons. The maximum absolute atomic E-state index is 4.40. The molecular formula is C14H20N4S. The van der Waals surface area contributed by atoms with Crippen LogP contribution in [0, 0.1) is 0 Å². The summed E-state index contributed by atoms with van der Waals surface area (Å²) in [7, 11) is 0. The highest BCUT2D eigenvalue weighted by atomic mass is 32.1. The molecule has 0 bridgehead atoms. The molecule has 0 aromatic carbocycles. The Morgan fingerprint density at radius 3 is 2.84 bits per heavy atom. The summed E-state index contributed by atoms with van der Waals surface area (Å²) in [6, 6.07) is 4.01. The molecule has 4 nitrogen and oxygen atoms in total. The van der Waals surface area contributed by atoms with Crippen LogP contribution in [0.4, 0.5) is 11.5 Å². The molecule has 102 valence electrons. The second-order valence-electron chi connectivity index (χ2n) is 4.28. The lowest BCUT2D eigenvalue weighted by atomic mass is 10.3. The first-order chi connectivity index (χ1) is 9.31. The van der Waals surface area contributed by atoms with Crippen LogP contribution in [0.25, 0.3) is 0 Å². The Balaban J connectivity index is 1.91. The molecule has 2 aromatic rings. The van der Waals surface area contributed by atoms with E-state index >= 15 is 0 Å². The molecule has 0 fully saturated rings. The molecule has 0 aliphatic heterocycles. The van der Waals surface area contributed by atoms with Crippen molar-refractivity contribution in [3.05, 3.63) is 34.4 Å². The van der Waals surface area contributed by atoms with Gasteiger partial charge in [0, 0.05) is 35.6 Å². The van der Waals surface area contributed by atoms with Gasteiger partial charge in [0.2, 0.25) is 0 Å². The number of aromatic nitrogens is 2. The van der Waals surface area contributed by atoms with Crippen molar-refractivity contribution in [1.29, 1.82) is 0 Å². The summed E-state index contributed by atoms with van der Waals surface area (Å²) in [6.45, 7) is 6.01. The molecule has 2 heterocycles. The topological polar surface area (TPSA) is 49.8 Å². The van der Waals surface area contributed by atoms with Crippen molar-refractivity contribution < 1.29 is 0 Å². The van der Waals surface area contributed by atoms with E-state index in [0.717, 1.165) is 42.4 Å². The van der Waals surface area contributed by atoms with Crippen LogP contribution in [0.5, 0.6) is 0 Å². The van der Waals surface area contributed by atoms with Crippen molar-refractivity contribution >= 4 is 22.8 Å². The SMILES string of the molecule is CCCNc1cc(NCc2ncc(CC)s2)ccn1. The van der Waals surface area contributed by atoms with E-state index in [4.69, 9.17) is 0 Å². The van der Waals surface area contributed by atoms with Crippen LogP contribution >= 0.6 is 11.3 Å². The first kappa shape index (κ1) is 13.8. The number of hydrogen-bond donors (Lipinski definition) is 2. The molecule has 2 aromatic heterocycles. The average Bonchev–Trinajstić information content (AvgIpc) is 2.91. The number of pyridine rings is 1. The Morgan fingerprint density at radius 2 is 2.11 bits per heavy atom. The Hall–Kier alpha value is -1.62. The molecule has 0 amide bonds. The molecule has 0 unspecified atom stereocenters. The average molecular weight is 276 g/mol. The first-order valence-corrected chi connectivity index (χ1v) is 7.50. The van der Waals surface area contributed by atoms with E-state index in [1.165, 1.54) is 4.88 Å². The fourth-order valence-electron chi connectivity index (χ4n) is 1.66. The van der Waals surface area contributed by atoms with Gasteiger partial charge in [-0.05, 0) is 18.9 Å². The van der Waals surface area contributed by atoms with Gasteiger partial charge >= 0.3 is 0 Å². The van der Waals surface area contributed by atoms with E-state index in [2.05, 4.69) is 34.4 Å². The van der Waals surface area contributed by atoms with Crippen LogP contribution in [0.2, 0.25) is 0 Å². The molecule has 2 N–H and O–H groups in total. The zero-order valence-corrected chi connectivity index (χ0v) is 12.3. The minimum atomic E-state index is 0.766. The lowest BCUT2D eigenvalue weighted by Crippen LogP contribution is -2.03. The molecule has 0 atom stereocenters. The van der Waals surface area contributed by atoms with Crippen LogP contribution in [0.3, 0.4) is 0 Å². The van der Waals surface area contributed by atoms with E-state index in [1.807, 2.05) is 24.5 Å². The predicted octanol–water partition coefficient (Wildman–Crippen LogP) is 3.53. The van der Waals surface area contributed by atoms with E-state index in [-0.39, 0.29) is 0 Å². The Kier molecular flexibility index (Phi) is 5.15. The summed E-state index contributed by atoms with van der Waals surface area (Å²) < 4.78 is 0. The molecule has 5 heteroatoms. The Bertz CT molecular complexity index is 510. The zero-order chi connectivity index (χ0) is 13.5. The summed E-state index contributed by atoms with van der Waals surface area (Å²) in [5.74, 6) is 0.917. The largest absolute Gasteiger partial charge is 0.378 e. The van der Waals surface area contributed by atoms with Crippen molar-refractivity contribution in [2.24, 2.45) is 0 Å². The fourth-order valence-corrected chi connectivity index (χ4v) is 2.46. The second kappa shape index (κ2) is 7.09. The van der Waals surface area contributed by atoms with E-state index < -0.39 is 0 Å². The number of thiazole rings is 1. The van der Waals surface area contributed by atoms with Gasteiger partial charge < -0.3 is 10.6 Å². The third-order valence-electron chi connectivity index (χ3n) is 2.71. The van der Waals surface area contributed by atoms with Gasteiger partial charge in [0.25, 0.3) is 0 Å². The van der Waals surface area contributed by atoms with Gasteiger partial charge in [-0.1, -0.05) is 13.8 Å². The highest BCUT2D eigenvalue weighted by molar-refractivity contribution is 7.11. The van der Waals surface area contributed by atoms with Gasteiger partial charge in [-0.2, -0.15) is 0 Å². The first-order valence-electron chi connectivity index (χ1n) is 6.69. The van der Waals surface area contributed by atoms with Gasteiger partial charge in [-0.15, -0.1) is 11.3 Å². The second-order valence-corrected chi connectivity index (χ2v) is 5.48. The standard InChI is InChI=1S/C14H20N4S/c1-3-6-15-13-8-11(5-7-16-13)17-10-14-18-9-12(4-2)19-14/h5,7-9H,3-4,6,10H2,1-2H3,(H2,15,16,17). The van der Waals surface area contributed by atoms with Gasteiger partial charge in [0.15, 0.2) is 0 Å². The van der Waals surface area contributed by atoms with Gasteiger partial charge in [-0.25, -0.2) is 9.97 Å². The molecule has 0 aliphatic carbocycles. The van der Waals surface area contributed by atoms with Gasteiger partial charge in [0.05, 0.1) is 6.54 Å². The van der Waals surface area contributed by atoms with Crippen molar-refractivity contribution in [2.45, 2.75) is 33.2 Å². The van der Waals surface area contributed by atoms with Crippen LogP contribution < -0.4 is 10.6 Å². The monoisotopic (exact) mass is 276 g/mol. The molecule has 0 saturated heterocycles. The number of rotatable bonds is 7. The van der Waals surface area contributed by atoms with Gasteiger partial charge in [0.1, 0.15) is 10.8 Å². The smallest absolute Gasteiger partial charge is 0.127 e. The molecule has 0 spiro atoms. The summed E-state index contributed by atoms with van der Waals surface area (Å²) in [5.41, 5.74) is 1.07. The third kappa shape index (κ3) is 4.21. The highest BCUT2D eigenvalue weighted by Crippen LogP contribution is 2.17. The predicted molar refractivity (Wildman–Crippen MR) is 81.8 cm³/mol. The van der Waals surface area contributed by atoms with Crippen LogP contribution in [-0.2, 0) is 13.0 Å².